The lowest BCUT2D eigenvalue weighted by Crippen LogP contribution is -2.00. The van der Waals surface area contributed by atoms with E-state index in [1.54, 1.807) is 5.38 Å². The van der Waals surface area contributed by atoms with Crippen LogP contribution in [-0.2, 0) is 0 Å². The fraction of sp³-hybridized carbons (Fsp3) is 0.167. The van der Waals surface area contributed by atoms with Crippen LogP contribution in [0.25, 0.3) is 10.6 Å². The van der Waals surface area contributed by atoms with Gasteiger partial charge in [0.15, 0.2) is 5.78 Å². The van der Waals surface area contributed by atoms with E-state index in [0.717, 1.165) is 20.6 Å². The molecular weight excluding hydrogens is 322 g/mol. The van der Waals surface area contributed by atoms with Crippen LogP contribution in [0.5, 0.6) is 0 Å². The van der Waals surface area contributed by atoms with E-state index in [2.05, 4.69) is 20.9 Å². The van der Waals surface area contributed by atoms with Crippen molar-refractivity contribution in [2.45, 2.75) is 6.92 Å². The van der Waals surface area contributed by atoms with Crippen molar-refractivity contribution in [3.8, 4) is 10.6 Å². The molecule has 0 radical (unpaired) electrons. The number of rotatable bonds is 3. The predicted molar refractivity (Wildman–Crippen MR) is 75.0 cm³/mol. The monoisotopic (exact) mass is 329 g/mol. The second-order valence-electron chi connectivity index (χ2n) is 3.56. The van der Waals surface area contributed by atoms with E-state index in [-0.39, 0.29) is 11.7 Å². The van der Waals surface area contributed by atoms with E-state index in [1.807, 2.05) is 25.1 Å². The summed E-state index contributed by atoms with van der Waals surface area (Å²) >= 11 is 10.4. The van der Waals surface area contributed by atoms with Crippen molar-refractivity contribution in [1.82, 2.24) is 4.98 Å². The maximum Gasteiger partial charge on any atom is 0.196 e. The van der Waals surface area contributed by atoms with Gasteiger partial charge in [-0.3, -0.25) is 4.79 Å². The Labute approximate surface area is 117 Å². The van der Waals surface area contributed by atoms with Crippen LogP contribution in [0.2, 0.25) is 0 Å². The van der Waals surface area contributed by atoms with Crippen molar-refractivity contribution in [2.24, 2.45) is 0 Å². The summed E-state index contributed by atoms with van der Waals surface area (Å²) in [4.78, 5) is 15.7. The van der Waals surface area contributed by atoms with Crippen molar-refractivity contribution >= 4 is 44.7 Å². The van der Waals surface area contributed by atoms with Gasteiger partial charge >= 0.3 is 0 Å². The second kappa shape index (κ2) is 5.29. The minimum Gasteiger partial charge on any atom is -0.291 e. The van der Waals surface area contributed by atoms with Gasteiger partial charge in [0.2, 0.25) is 0 Å². The molecule has 1 heterocycles. The van der Waals surface area contributed by atoms with E-state index in [1.165, 1.54) is 11.3 Å². The number of hydrogen-bond acceptors (Lipinski definition) is 3. The number of aryl methyl sites for hydroxylation is 1. The quantitative estimate of drug-likeness (QED) is 0.620. The molecule has 0 aliphatic carbocycles. The number of benzene rings is 1. The molecule has 0 aliphatic heterocycles. The Morgan fingerprint density at radius 2 is 2.29 bits per heavy atom. The van der Waals surface area contributed by atoms with E-state index in [4.69, 9.17) is 11.6 Å². The molecule has 2 rings (SSSR count). The SMILES string of the molecule is Cc1cc(-c2nc(C(=O)CCl)cs2)ccc1Br. The largest absolute Gasteiger partial charge is 0.291 e. The van der Waals surface area contributed by atoms with Gasteiger partial charge in [0.1, 0.15) is 10.7 Å². The van der Waals surface area contributed by atoms with Crippen molar-refractivity contribution in [3.05, 3.63) is 39.3 Å². The number of carbonyl (C=O) groups excluding carboxylic acids is 1. The lowest BCUT2D eigenvalue weighted by molar-refractivity contribution is 0.101. The number of nitrogens with zero attached hydrogens (tertiary/aromatic N) is 1. The van der Waals surface area contributed by atoms with Gasteiger partial charge in [-0.05, 0) is 24.6 Å². The van der Waals surface area contributed by atoms with E-state index in [9.17, 15) is 4.79 Å². The van der Waals surface area contributed by atoms with Crippen LogP contribution < -0.4 is 0 Å². The summed E-state index contributed by atoms with van der Waals surface area (Å²) in [5.74, 6) is -0.161. The Kier molecular flexibility index (Phi) is 3.97. The predicted octanol–water partition coefficient (Wildman–Crippen LogP) is 4.30. The lowest BCUT2D eigenvalue weighted by Gasteiger charge is -2.00. The molecule has 0 unspecified atom stereocenters. The summed E-state index contributed by atoms with van der Waals surface area (Å²) in [6, 6.07) is 6.00. The van der Waals surface area contributed by atoms with Crippen molar-refractivity contribution in [2.75, 3.05) is 5.88 Å². The number of carbonyl (C=O) groups is 1. The third kappa shape index (κ3) is 2.76. The Hall–Kier alpha value is -0.710. The molecule has 0 bridgehead atoms. The molecule has 0 N–H and O–H groups in total. The van der Waals surface area contributed by atoms with Crippen LogP contribution in [0, 0.1) is 6.92 Å². The Morgan fingerprint density at radius 1 is 1.53 bits per heavy atom. The third-order valence-corrected chi connectivity index (χ3v) is 4.34. The summed E-state index contributed by atoms with van der Waals surface area (Å²) in [5.41, 5.74) is 2.60. The molecule has 2 aromatic rings. The second-order valence-corrected chi connectivity index (χ2v) is 5.54. The minimum absolute atomic E-state index is 0.0253. The molecule has 0 amide bonds. The molecule has 1 aromatic heterocycles. The zero-order valence-electron chi connectivity index (χ0n) is 9.04. The minimum atomic E-state index is -0.136. The van der Waals surface area contributed by atoms with Crippen LogP contribution in [-0.4, -0.2) is 16.6 Å². The highest BCUT2D eigenvalue weighted by Gasteiger charge is 2.11. The summed E-state index contributed by atoms with van der Waals surface area (Å²) in [6.07, 6.45) is 0. The normalized spacial score (nSPS) is 10.5. The topological polar surface area (TPSA) is 30.0 Å². The van der Waals surface area contributed by atoms with E-state index < -0.39 is 0 Å². The first-order valence-corrected chi connectivity index (χ1v) is 7.13. The van der Waals surface area contributed by atoms with Crippen LogP contribution in [0.4, 0.5) is 0 Å². The average Bonchev–Trinajstić information content (AvgIpc) is 2.81. The fourth-order valence-electron chi connectivity index (χ4n) is 1.38. The summed E-state index contributed by atoms with van der Waals surface area (Å²) in [6.45, 7) is 2.02. The van der Waals surface area contributed by atoms with Gasteiger partial charge in [0, 0.05) is 15.4 Å². The van der Waals surface area contributed by atoms with Gasteiger partial charge < -0.3 is 0 Å². The summed E-state index contributed by atoms with van der Waals surface area (Å²) in [7, 11) is 0. The van der Waals surface area contributed by atoms with Gasteiger partial charge in [-0.1, -0.05) is 22.0 Å². The number of Topliss-reactive ketones (excluding diaryl/α,β-unsaturated/α-hetero) is 1. The maximum absolute atomic E-state index is 11.4. The van der Waals surface area contributed by atoms with Gasteiger partial charge in [-0.2, -0.15) is 0 Å². The number of aromatic nitrogens is 1. The van der Waals surface area contributed by atoms with E-state index >= 15 is 0 Å². The zero-order chi connectivity index (χ0) is 12.4. The molecule has 1 aromatic carbocycles. The Balaban J connectivity index is 2.37. The van der Waals surface area contributed by atoms with Gasteiger partial charge in [0.25, 0.3) is 0 Å². The standard InChI is InChI=1S/C12H9BrClNOS/c1-7-4-8(2-3-9(7)13)12-15-10(6-17-12)11(16)5-14/h2-4,6H,5H2,1H3. The third-order valence-electron chi connectivity index (χ3n) is 2.32. The zero-order valence-corrected chi connectivity index (χ0v) is 12.2. The van der Waals surface area contributed by atoms with Crippen LogP contribution in [0.3, 0.4) is 0 Å². The Bertz CT molecular complexity index is 567. The molecule has 2 nitrogen and oxygen atoms in total. The number of alkyl halides is 1. The first-order valence-electron chi connectivity index (χ1n) is 4.93. The molecule has 0 saturated heterocycles. The first kappa shape index (κ1) is 12.7. The lowest BCUT2D eigenvalue weighted by atomic mass is 10.1. The highest BCUT2D eigenvalue weighted by molar-refractivity contribution is 9.10. The van der Waals surface area contributed by atoms with Gasteiger partial charge in [0.05, 0.1) is 5.88 Å². The molecule has 0 fully saturated rings. The van der Waals surface area contributed by atoms with E-state index in [0.29, 0.717) is 5.69 Å². The van der Waals surface area contributed by atoms with Crippen LogP contribution in [0.15, 0.2) is 28.1 Å². The molecular formula is C12H9BrClNOS. The van der Waals surface area contributed by atoms with Gasteiger partial charge in [-0.25, -0.2) is 4.98 Å². The smallest absolute Gasteiger partial charge is 0.196 e. The average molecular weight is 331 g/mol. The van der Waals surface area contributed by atoms with Crippen molar-refractivity contribution < 1.29 is 4.79 Å². The number of hydrogen-bond donors (Lipinski definition) is 0. The molecule has 17 heavy (non-hydrogen) atoms. The number of halogens is 2. The van der Waals surface area contributed by atoms with Gasteiger partial charge in [-0.15, -0.1) is 22.9 Å². The Morgan fingerprint density at radius 3 is 2.94 bits per heavy atom. The number of ketones is 1. The molecule has 5 heteroatoms. The highest BCUT2D eigenvalue weighted by atomic mass is 79.9. The van der Waals surface area contributed by atoms with Crippen LogP contribution >= 0.6 is 38.9 Å². The molecule has 0 aliphatic rings. The molecule has 0 spiro atoms. The number of thiazole rings is 1. The van der Waals surface area contributed by atoms with Crippen LogP contribution in [0.1, 0.15) is 16.1 Å². The van der Waals surface area contributed by atoms with Crippen molar-refractivity contribution in [3.63, 3.8) is 0 Å². The molecule has 0 atom stereocenters. The molecule has 0 saturated carbocycles. The highest BCUT2D eigenvalue weighted by Crippen LogP contribution is 2.27. The van der Waals surface area contributed by atoms with Crippen molar-refractivity contribution in [1.29, 1.82) is 0 Å². The summed E-state index contributed by atoms with van der Waals surface area (Å²) < 4.78 is 1.06. The molecule has 88 valence electrons. The first-order chi connectivity index (χ1) is 8.11. The summed E-state index contributed by atoms with van der Waals surface area (Å²) in [5, 5.41) is 2.59. The fourth-order valence-corrected chi connectivity index (χ4v) is 2.59. The maximum atomic E-state index is 11.4.